The summed E-state index contributed by atoms with van der Waals surface area (Å²) in [6.45, 7) is 0.310. The molecule has 2 heterocycles. The minimum atomic E-state index is -0.347. The molecule has 0 atom stereocenters. The van der Waals surface area contributed by atoms with Crippen molar-refractivity contribution >= 4 is 17.7 Å². The molecular formula is C19H17FN4O3S. The quantitative estimate of drug-likeness (QED) is 0.634. The number of nitrogens with zero attached hydrogens (tertiary/aromatic N) is 4. The van der Waals surface area contributed by atoms with Gasteiger partial charge in [0.2, 0.25) is 5.16 Å². The van der Waals surface area contributed by atoms with E-state index in [4.69, 9.17) is 9.47 Å². The van der Waals surface area contributed by atoms with Gasteiger partial charge in [0.05, 0.1) is 19.4 Å². The van der Waals surface area contributed by atoms with Crippen LogP contribution in [0.15, 0.2) is 53.7 Å². The zero-order valence-corrected chi connectivity index (χ0v) is 15.9. The fraction of sp³-hybridized carbons (Fsp3) is 0.211. The molecule has 9 heteroatoms. The van der Waals surface area contributed by atoms with Gasteiger partial charge in [-0.1, -0.05) is 36.0 Å². The zero-order chi connectivity index (χ0) is 19.5. The third-order valence-corrected chi connectivity index (χ3v) is 5.08. The first-order valence-electron chi connectivity index (χ1n) is 8.53. The number of halogens is 1. The molecule has 1 aliphatic heterocycles. The van der Waals surface area contributed by atoms with Crippen LogP contribution >= 0.6 is 11.8 Å². The highest BCUT2D eigenvalue weighted by molar-refractivity contribution is 7.99. The van der Waals surface area contributed by atoms with Crippen LogP contribution in [0.3, 0.4) is 0 Å². The molecule has 0 radical (unpaired) electrons. The lowest BCUT2D eigenvalue weighted by molar-refractivity contribution is -0.118. The summed E-state index contributed by atoms with van der Waals surface area (Å²) in [5.41, 5.74) is 0.677. The number of benzene rings is 2. The number of para-hydroxylation sites is 2. The smallest absolute Gasteiger partial charge is 0.252 e. The van der Waals surface area contributed by atoms with Gasteiger partial charge >= 0.3 is 0 Å². The minimum absolute atomic E-state index is 0.0981. The molecule has 0 bridgehead atoms. The molecule has 3 aromatic rings. The van der Waals surface area contributed by atoms with Crippen LogP contribution in [-0.2, 0) is 17.9 Å². The molecule has 144 valence electrons. The van der Waals surface area contributed by atoms with Gasteiger partial charge < -0.3 is 9.47 Å². The number of hydrogen-bond donors (Lipinski definition) is 0. The summed E-state index contributed by atoms with van der Waals surface area (Å²) in [6, 6.07) is 13.4. The number of ether oxygens (including phenoxy) is 2. The van der Waals surface area contributed by atoms with E-state index in [0.29, 0.717) is 28.0 Å². The number of rotatable bonds is 6. The second kappa shape index (κ2) is 7.89. The van der Waals surface area contributed by atoms with Crippen LogP contribution in [0.5, 0.6) is 11.5 Å². The highest BCUT2D eigenvalue weighted by Gasteiger charge is 2.29. The Hall–Kier alpha value is -3.07. The van der Waals surface area contributed by atoms with E-state index in [1.165, 1.54) is 28.9 Å². The highest BCUT2D eigenvalue weighted by atomic mass is 32.2. The zero-order valence-electron chi connectivity index (χ0n) is 15.0. The molecule has 7 nitrogen and oxygen atoms in total. The van der Waals surface area contributed by atoms with Crippen LogP contribution in [0.25, 0.3) is 0 Å². The van der Waals surface area contributed by atoms with Crippen LogP contribution in [0, 0.1) is 5.82 Å². The Morgan fingerprint density at radius 3 is 2.75 bits per heavy atom. The van der Waals surface area contributed by atoms with Crippen molar-refractivity contribution in [1.82, 2.24) is 14.9 Å². The lowest BCUT2D eigenvalue weighted by Gasteiger charge is -2.29. The van der Waals surface area contributed by atoms with Gasteiger partial charge in [-0.05, 0) is 29.8 Å². The van der Waals surface area contributed by atoms with Gasteiger partial charge in [-0.25, -0.2) is 14.1 Å². The first-order valence-corrected chi connectivity index (χ1v) is 9.52. The topological polar surface area (TPSA) is 69.5 Å². The molecule has 0 saturated heterocycles. The largest absolute Gasteiger partial charge is 0.493 e. The molecule has 4 rings (SSSR count). The predicted molar refractivity (Wildman–Crippen MR) is 101 cm³/mol. The predicted octanol–water partition coefficient (Wildman–Crippen LogP) is 2.78. The van der Waals surface area contributed by atoms with Gasteiger partial charge in [0.1, 0.15) is 12.4 Å². The van der Waals surface area contributed by atoms with Crippen LogP contribution in [0.4, 0.5) is 4.39 Å². The van der Waals surface area contributed by atoms with Crippen molar-refractivity contribution in [1.29, 1.82) is 0 Å². The van der Waals surface area contributed by atoms with E-state index in [9.17, 15) is 9.18 Å². The third kappa shape index (κ3) is 3.65. The number of fused-ring (bicyclic) bond motifs is 1. The summed E-state index contributed by atoms with van der Waals surface area (Å²) in [4.78, 5) is 12.5. The van der Waals surface area contributed by atoms with Crippen molar-refractivity contribution in [2.75, 3.05) is 17.9 Å². The molecule has 0 aliphatic carbocycles. The molecule has 0 N–H and O–H groups in total. The first-order chi connectivity index (χ1) is 13.7. The summed E-state index contributed by atoms with van der Waals surface area (Å²) in [5, 5.41) is 10.4. The van der Waals surface area contributed by atoms with Gasteiger partial charge in [0.15, 0.2) is 17.3 Å². The molecule has 1 aromatic heterocycles. The lowest BCUT2D eigenvalue weighted by Crippen LogP contribution is -2.45. The Morgan fingerprint density at radius 2 is 1.96 bits per heavy atom. The van der Waals surface area contributed by atoms with E-state index in [2.05, 4.69) is 10.2 Å². The second-order valence-electron chi connectivity index (χ2n) is 6.02. The number of thioether (sulfide) groups is 1. The first kappa shape index (κ1) is 18.3. The Morgan fingerprint density at radius 1 is 1.14 bits per heavy atom. The lowest BCUT2D eigenvalue weighted by atomic mass is 10.2. The van der Waals surface area contributed by atoms with Crippen molar-refractivity contribution in [3.8, 4) is 11.5 Å². The van der Waals surface area contributed by atoms with Gasteiger partial charge in [-0.2, -0.15) is 0 Å². The molecule has 2 aromatic carbocycles. The summed E-state index contributed by atoms with van der Waals surface area (Å²) in [6.07, 6.45) is 0. The van der Waals surface area contributed by atoms with E-state index in [0.717, 1.165) is 0 Å². The minimum Gasteiger partial charge on any atom is -0.493 e. The third-order valence-electron chi connectivity index (χ3n) is 4.18. The monoisotopic (exact) mass is 400 g/mol. The molecule has 28 heavy (non-hydrogen) atoms. The molecule has 0 saturated carbocycles. The van der Waals surface area contributed by atoms with Gasteiger partial charge in [-0.3, -0.25) is 4.79 Å². The summed E-state index contributed by atoms with van der Waals surface area (Å²) >= 11 is 1.31. The summed E-state index contributed by atoms with van der Waals surface area (Å²) in [5.74, 6) is 1.43. The molecular weight excluding hydrogens is 383 g/mol. The van der Waals surface area contributed by atoms with E-state index in [1.54, 1.807) is 36.1 Å². The van der Waals surface area contributed by atoms with E-state index >= 15 is 0 Å². The number of aromatic nitrogens is 3. The van der Waals surface area contributed by atoms with E-state index in [-0.39, 0.29) is 30.6 Å². The molecule has 0 spiro atoms. The standard InChI is InChI=1S/C19H17FN4O3S/c1-26-15-7-2-3-8-16(15)27-11-17-21-22-19-24(17)23(18(25)12-28-19)10-13-5-4-6-14(20)9-13/h2-9H,10-12H2,1H3. The fourth-order valence-electron chi connectivity index (χ4n) is 2.88. The number of amides is 1. The average Bonchev–Trinajstić information content (AvgIpc) is 3.12. The maximum atomic E-state index is 13.5. The van der Waals surface area contributed by atoms with Crippen LogP contribution in [-0.4, -0.2) is 33.6 Å². The number of carbonyl (C=O) groups is 1. The van der Waals surface area contributed by atoms with Crippen molar-refractivity contribution in [3.05, 3.63) is 65.7 Å². The number of methoxy groups -OCH3 is 1. The number of hydrogen-bond acceptors (Lipinski definition) is 6. The van der Waals surface area contributed by atoms with Gasteiger partial charge in [0, 0.05) is 0 Å². The van der Waals surface area contributed by atoms with Crippen LogP contribution < -0.4 is 14.5 Å². The highest BCUT2D eigenvalue weighted by Crippen LogP contribution is 2.28. The normalized spacial score (nSPS) is 13.4. The van der Waals surface area contributed by atoms with Crippen molar-refractivity contribution < 1.29 is 18.7 Å². The Labute approximate surface area is 165 Å². The maximum Gasteiger partial charge on any atom is 0.252 e. The Balaban J connectivity index is 1.60. The maximum absolute atomic E-state index is 13.5. The van der Waals surface area contributed by atoms with Crippen LogP contribution in [0.1, 0.15) is 11.4 Å². The SMILES string of the molecule is COc1ccccc1OCc1nnc2n1N(Cc1cccc(F)c1)C(=O)CS2. The van der Waals surface area contributed by atoms with Crippen molar-refractivity contribution in [3.63, 3.8) is 0 Å². The molecule has 1 amide bonds. The van der Waals surface area contributed by atoms with E-state index < -0.39 is 0 Å². The van der Waals surface area contributed by atoms with Crippen LogP contribution in [0.2, 0.25) is 0 Å². The fourth-order valence-corrected chi connectivity index (χ4v) is 3.70. The van der Waals surface area contributed by atoms with Crippen molar-refractivity contribution in [2.24, 2.45) is 0 Å². The Kier molecular flexibility index (Phi) is 5.16. The Bertz CT molecular complexity index is 1010. The van der Waals surface area contributed by atoms with E-state index in [1.807, 2.05) is 12.1 Å². The second-order valence-corrected chi connectivity index (χ2v) is 6.96. The van der Waals surface area contributed by atoms with Crippen molar-refractivity contribution in [2.45, 2.75) is 18.3 Å². The molecule has 0 fully saturated rings. The molecule has 1 aliphatic rings. The summed E-state index contributed by atoms with van der Waals surface area (Å²) in [7, 11) is 1.57. The average molecular weight is 400 g/mol. The van der Waals surface area contributed by atoms with Gasteiger partial charge in [-0.15, -0.1) is 10.2 Å². The number of carbonyl (C=O) groups excluding carboxylic acids is 1. The van der Waals surface area contributed by atoms with Gasteiger partial charge in [0.25, 0.3) is 5.91 Å². The summed E-state index contributed by atoms with van der Waals surface area (Å²) < 4.78 is 26.3. The molecule has 0 unspecified atom stereocenters.